The van der Waals surface area contributed by atoms with Crippen LogP contribution in [0.15, 0.2) is 37.2 Å². The van der Waals surface area contributed by atoms with Crippen molar-refractivity contribution in [3.8, 4) is 0 Å². The van der Waals surface area contributed by atoms with E-state index >= 15 is 0 Å². The van der Waals surface area contributed by atoms with Crippen molar-refractivity contribution in [2.45, 2.75) is 0 Å². The average Bonchev–Trinajstić information content (AvgIpc) is 2.87. The van der Waals surface area contributed by atoms with E-state index in [1.807, 2.05) is 18.4 Å². The van der Waals surface area contributed by atoms with Gasteiger partial charge in [0.2, 0.25) is 0 Å². The minimum atomic E-state index is -0.262. The minimum Gasteiger partial charge on any atom is -0.385 e. The Labute approximate surface area is 122 Å². The van der Waals surface area contributed by atoms with Crippen LogP contribution in [0.25, 0.3) is 5.70 Å². The molecule has 6 nitrogen and oxygen atoms in total. The van der Waals surface area contributed by atoms with Gasteiger partial charge in [0.1, 0.15) is 5.69 Å². The fourth-order valence-corrected chi connectivity index (χ4v) is 1.97. The first-order chi connectivity index (χ1) is 9.63. The Kier molecular flexibility index (Phi) is 4.47. The molecule has 0 bridgehead atoms. The number of amides is 2. The molecule has 0 radical (unpaired) electrons. The third-order valence-corrected chi connectivity index (χ3v) is 3.06. The van der Waals surface area contributed by atoms with Crippen LogP contribution in [0.4, 0.5) is 10.5 Å². The van der Waals surface area contributed by atoms with Gasteiger partial charge in [0.25, 0.3) is 0 Å². The van der Waals surface area contributed by atoms with Gasteiger partial charge in [0, 0.05) is 13.6 Å². The number of allylic oxidation sites excluding steroid dienone is 2. The predicted molar refractivity (Wildman–Crippen MR) is 80.7 cm³/mol. The molecule has 0 aliphatic carbocycles. The number of rotatable bonds is 4. The summed E-state index contributed by atoms with van der Waals surface area (Å²) in [5.74, 6) is 0. The first-order valence-corrected chi connectivity index (χ1v) is 6.48. The van der Waals surface area contributed by atoms with Gasteiger partial charge in [-0.1, -0.05) is 17.7 Å². The van der Waals surface area contributed by atoms with Crippen LogP contribution >= 0.6 is 11.6 Å². The molecule has 2 amide bonds. The smallest absolute Gasteiger partial charge is 0.322 e. The summed E-state index contributed by atoms with van der Waals surface area (Å²) < 4.78 is 1.66. The molecule has 1 aliphatic heterocycles. The summed E-state index contributed by atoms with van der Waals surface area (Å²) in [6.07, 6.45) is 9.00. The van der Waals surface area contributed by atoms with Gasteiger partial charge in [-0.05, 0) is 18.4 Å². The van der Waals surface area contributed by atoms with E-state index in [1.54, 1.807) is 24.0 Å². The van der Waals surface area contributed by atoms with Gasteiger partial charge in [-0.2, -0.15) is 5.10 Å². The van der Waals surface area contributed by atoms with E-state index in [0.29, 0.717) is 18.8 Å². The van der Waals surface area contributed by atoms with Crippen LogP contribution in [-0.4, -0.2) is 35.9 Å². The quantitative estimate of drug-likeness (QED) is 0.833. The van der Waals surface area contributed by atoms with Gasteiger partial charge in [-0.25, -0.2) is 9.48 Å². The highest BCUT2D eigenvalue weighted by atomic mass is 35.5. The van der Waals surface area contributed by atoms with Gasteiger partial charge in [-0.3, -0.25) is 4.90 Å². The molecule has 2 N–H and O–H groups in total. The number of carbonyl (C=O) groups excluding carboxylic acids is 1. The lowest BCUT2D eigenvalue weighted by Gasteiger charge is -2.15. The lowest BCUT2D eigenvalue weighted by molar-refractivity contribution is 0.248. The average molecular weight is 294 g/mol. The number of hydrogen-bond donors (Lipinski definition) is 2. The molecule has 0 fully saturated rings. The molecule has 1 aromatic rings. The SMILES string of the molecule is C=CCNC(=O)N(C)c1cn(C2=CC=CNC2)nc1Cl. The number of halogens is 1. The third kappa shape index (κ3) is 3.03. The zero-order chi connectivity index (χ0) is 14.5. The molecule has 0 saturated heterocycles. The number of hydrogen-bond acceptors (Lipinski definition) is 3. The maximum atomic E-state index is 11.9. The molecule has 106 valence electrons. The second-order valence-corrected chi connectivity index (χ2v) is 4.54. The third-order valence-electron chi connectivity index (χ3n) is 2.80. The first-order valence-electron chi connectivity index (χ1n) is 6.10. The molecule has 1 aromatic heterocycles. The zero-order valence-electron chi connectivity index (χ0n) is 11.1. The Morgan fingerprint density at radius 1 is 1.75 bits per heavy atom. The van der Waals surface area contributed by atoms with E-state index < -0.39 is 0 Å². The highest BCUT2D eigenvalue weighted by Crippen LogP contribution is 2.25. The van der Waals surface area contributed by atoms with Crippen molar-refractivity contribution in [2.75, 3.05) is 25.0 Å². The molecule has 1 aliphatic rings. The van der Waals surface area contributed by atoms with Crippen LogP contribution in [0.3, 0.4) is 0 Å². The number of anilines is 1. The Balaban J connectivity index is 2.18. The molecule has 20 heavy (non-hydrogen) atoms. The molecule has 2 rings (SSSR count). The summed E-state index contributed by atoms with van der Waals surface area (Å²) in [6, 6.07) is -0.262. The monoisotopic (exact) mass is 293 g/mol. The summed E-state index contributed by atoms with van der Waals surface area (Å²) >= 11 is 6.10. The van der Waals surface area contributed by atoms with Crippen LogP contribution in [0.1, 0.15) is 0 Å². The highest BCUT2D eigenvalue weighted by Gasteiger charge is 2.18. The normalized spacial score (nSPS) is 13.4. The number of aromatic nitrogens is 2. The second kappa shape index (κ2) is 6.29. The van der Waals surface area contributed by atoms with E-state index in [9.17, 15) is 4.79 Å². The Morgan fingerprint density at radius 2 is 2.55 bits per heavy atom. The lowest BCUT2D eigenvalue weighted by Crippen LogP contribution is -2.37. The molecular formula is C13H16ClN5O. The minimum absolute atomic E-state index is 0.262. The second-order valence-electron chi connectivity index (χ2n) is 4.18. The van der Waals surface area contributed by atoms with Crippen LogP contribution in [0.5, 0.6) is 0 Å². The van der Waals surface area contributed by atoms with E-state index in [2.05, 4.69) is 22.3 Å². The maximum absolute atomic E-state index is 11.9. The van der Waals surface area contributed by atoms with Crippen LogP contribution in [0, 0.1) is 0 Å². The molecule has 2 heterocycles. The number of nitrogens with one attached hydrogen (secondary N) is 2. The first kappa shape index (κ1) is 14.2. The lowest BCUT2D eigenvalue weighted by atomic mass is 10.3. The molecular weight excluding hydrogens is 278 g/mol. The molecule has 0 spiro atoms. The summed E-state index contributed by atoms with van der Waals surface area (Å²) in [6.45, 7) is 4.60. The van der Waals surface area contributed by atoms with Gasteiger partial charge >= 0.3 is 6.03 Å². The fraction of sp³-hybridized carbons (Fsp3) is 0.231. The molecule has 0 aromatic carbocycles. The Morgan fingerprint density at radius 3 is 3.20 bits per heavy atom. The van der Waals surface area contributed by atoms with Gasteiger partial charge in [0.15, 0.2) is 5.15 Å². The van der Waals surface area contributed by atoms with E-state index in [4.69, 9.17) is 11.6 Å². The summed E-state index contributed by atoms with van der Waals surface area (Å²) in [5.41, 5.74) is 1.49. The maximum Gasteiger partial charge on any atom is 0.322 e. The molecule has 0 unspecified atom stereocenters. The van der Waals surface area contributed by atoms with Gasteiger partial charge in [-0.15, -0.1) is 6.58 Å². The van der Waals surface area contributed by atoms with Crippen LogP contribution in [-0.2, 0) is 0 Å². The van der Waals surface area contributed by atoms with E-state index in [1.165, 1.54) is 4.90 Å². The van der Waals surface area contributed by atoms with Crippen molar-refractivity contribution in [3.05, 3.63) is 42.4 Å². The van der Waals surface area contributed by atoms with E-state index in [0.717, 1.165) is 5.70 Å². The van der Waals surface area contributed by atoms with Crippen molar-refractivity contribution in [1.29, 1.82) is 0 Å². The molecule has 0 saturated carbocycles. The zero-order valence-corrected chi connectivity index (χ0v) is 11.9. The fourth-order valence-electron chi connectivity index (χ4n) is 1.71. The van der Waals surface area contributed by atoms with Crippen molar-refractivity contribution >= 4 is 29.0 Å². The predicted octanol–water partition coefficient (Wildman–Crippen LogP) is 1.83. The summed E-state index contributed by atoms with van der Waals surface area (Å²) in [5, 5.41) is 10.3. The molecule has 0 atom stereocenters. The standard InChI is InChI=1S/C13H16ClN5O/c1-3-6-16-13(20)18(2)11-9-19(17-12(11)14)10-5-4-7-15-8-10/h3-5,7,9,15H,1,6,8H2,2H3,(H,16,20). The topological polar surface area (TPSA) is 62.2 Å². The van der Waals surface area contributed by atoms with Crippen molar-refractivity contribution in [1.82, 2.24) is 20.4 Å². The largest absolute Gasteiger partial charge is 0.385 e. The number of nitrogens with zero attached hydrogens (tertiary/aromatic N) is 3. The van der Waals surface area contributed by atoms with Crippen LogP contribution in [0.2, 0.25) is 5.15 Å². The molecule has 7 heteroatoms. The number of urea groups is 1. The summed E-state index contributed by atoms with van der Waals surface area (Å²) in [7, 11) is 1.64. The Hall–Kier alpha value is -2.21. The van der Waals surface area contributed by atoms with Gasteiger partial charge < -0.3 is 10.6 Å². The number of carbonyl (C=O) groups is 1. The van der Waals surface area contributed by atoms with Crippen molar-refractivity contribution in [2.24, 2.45) is 0 Å². The van der Waals surface area contributed by atoms with Crippen molar-refractivity contribution < 1.29 is 4.79 Å². The highest BCUT2D eigenvalue weighted by molar-refractivity contribution is 6.32. The van der Waals surface area contributed by atoms with Crippen LogP contribution < -0.4 is 15.5 Å². The Bertz CT molecular complexity index is 575. The van der Waals surface area contributed by atoms with Gasteiger partial charge in [0.05, 0.1) is 18.4 Å². The summed E-state index contributed by atoms with van der Waals surface area (Å²) in [4.78, 5) is 13.3. The number of dihydropyridines is 1. The van der Waals surface area contributed by atoms with Crippen molar-refractivity contribution in [3.63, 3.8) is 0 Å². The van der Waals surface area contributed by atoms with E-state index in [-0.39, 0.29) is 11.2 Å².